The molecule has 0 fully saturated rings. The fourth-order valence-electron chi connectivity index (χ4n) is 1.74. The van der Waals surface area contributed by atoms with Crippen LogP contribution in [0.15, 0.2) is 17.3 Å². The maximum Gasteiger partial charge on any atom is 0.344 e. The number of fused-ring (bicyclic) bond motifs is 1. The van der Waals surface area contributed by atoms with Gasteiger partial charge in [-0.15, -0.1) is 0 Å². The standard InChI is InChI=1S/C10H6N4O8/c15-7(16)3-22-12-9-8-5(11-10(9)17)1-4(13(18)19)2-6(8)14(20)21/h1-2H,3H2,(H,15,16)(H,11,12,17). The van der Waals surface area contributed by atoms with Crippen molar-refractivity contribution in [3.8, 4) is 0 Å². The number of oxime groups is 1. The second kappa shape index (κ2) is 5.43. The van der Waals surface area contributed by atoms with E-state index in [1.54, 1.807) is 0 Å². The molecule has 12 heteroatoms. The number of non-ortho nitro benzene ring substituents is 1. The van der Waals surface area contributed by atoms with E-state index in [4.69, 9.17) is 5.11 Å². The van der Waals surface area contributed by atoms with Crippen LogP contribution in [0.4, 0.5) is 17.1 Å². The zero-order valence-corrected chi connectivity index (χ0v) is 10.5. The maximum absolute atomic E-state index is 11.7. The summed E-state index contributed by atoms with van der Waals surface area (Å²) in [4.78, 5) is 46.4. The number of anilines is 1. The number of hydrogen-bond acceptors (Lipinski definition) is 8. The molecule has 0 spiro atoms. The lowest BCUT2D eigenvalue weighted by atomic mass is 10.1. The van der Waals surface area contributed by atoms with Crippen molar-refractivity contribution in [3.63, 3.8) is 0 Å². The van der Waals surface area contributed by atoms with Crippen LogP contribution in [0.25, 0.3) is 0 Å². The van der Waals surface area contributed by atoms with Gasteiger partial charge in [-0.25, -0.2) is 4.79 Å². The number of carboxylic acids is 1. The van der Waals surface area contributed by atoms with Gasteiger partial charge >= 0.3 is 5.97 Å². The second-order valence-corrected chi connectivity index (χ2v) is 3.96. The van der Waals surface area contributed by atoms with Gasteiger partial charge in [-0.3, -0.25) is 25.0 Å². The predicted molar refractivity (Wildman–Crippen MR) is 68.5 cm³/mol. The van der Waals surface area contributed by atoms with E-state index in [1.807, 2.05) is 0 Å². The summed E-state index contributed by atoms with van der Waals surface area (Å²) in [5, 5.41) is 35.6. The number of nitro benzene ring substituents is 2. The Hall–Kier alpha value is -3.57. The lowest BCUT2D eigenvalue weighted by Gasteiger charge is -2.00. The fourth-order valence-corrected chi connectivity index (χ4v) is 1.74. The summed E-state index contributed by atoms with van der Waals surface area (Å²) in [5.74, 6) is -2.26. The van der Waals surface area contributed by atoms with E-state index in [1.165, 1.54) is 0 Å². The molecular weight excluding hydrogens is 304 g/mol. The molecule has 2 N–H and O–H groups in total. The van der Waals surface area contributed by atoms with E-state index < -0.39 is 45.4 Å². The highest BCUT2D eigenvalue weighted by atomic mass is 16.6. The smallest absolute Gasteiger partial charge is 0.344 e. The molecule has 114 valence electrons. The molecule has 0 saturated heterocycles. The summed E-state index contributed by atoms with van der Waals surface area (Å²) >= 11 is 0. The van der Waals surface area contributed by atoms with E-state index in [0.717, 1.165) is 6.07 Å². The number of nitro groups is 2. The monoisotopic (exact) mass is 310 g/mol. The van der Waals surface area contributed by atoms with Crippen molar-refractivity contribution in [2.75, 3.05) is 11.9 Å². The molecule has 2 rings (SSSR count). The van der Waals surface area contributed by atoms with Gasteiger partial charge in [0, 0.05) is 6.07 Å². The first-order chi connectivity index (χ1) is 10.3. The van der Waals surface area contributed by atoms with Gasteiger partial charge in [-0.2, -0.15) is 0 Å². The van der Waals surface area contributed by atoms with Crippen LogP contribution < -0.4 is 5.32 Å². The summed E-state index contributed by atoms with van der Waals surface area (Å²) in [6, 6.07) is 1.60. The lowest BCUT2D eigenvalue weighted by molar-refractivity contribution is -0.394. The van der Waals surface area contributed by atoms with Gasteiger partial charge in [0.1, 0.15) is 5.56 Å². The van der Waals surface area contributed by atoms with Gasteiger partial charge in [0.05, 0.1) is 21.6 Å². The highest BCUT2D eigenvalue weighted by molar-refractivity contribution is 6.54. The minimum atomic E-state index is -1.36. The molecule has 1 aliphatic heterocycles. The van der Waals surface area contributed by atoms with Crippen molar-refractivity contribution >= 4 is 34.7 Å². The van der Waals surface area contributed by atoms with Crippen LogP contribution in [0.1, 0.15) is 5.56 Å². The van der Waals surface area contributed by atoms with Crippen LogP contribution in [0.3, 0.4) is 0 Å². The summed E-state index contributed by atoms with van der Waals surface area (Å²) in [6.07, 6.45) is 0. The zero-order valence-electron chi connectivity index (χ0n) is 10.5. The highest BCUT2D eigenvalue weighted by Crippen LogP contribution is 2.36. The average molecular weight is 310 g/mol. The molecule has 0 saturated carbocycles. The molecule has 0 unspecified atom stereocenters. The summed E-state index contributed by atoms with van der Waals surface area (Å²) in [7, 11) is 0. The SMILES string of the molecule is O=C(O)CO/N=C1\C(=O)Nc2cc([N+](=O)[O-])cc([N+](=O)[O-])c21. The van der Waals surface area contributed by atoms with Gasteiger partial charge in [0.25, 0.3) is 17.3 Å². The summed E-state index contributed by atoms with van der Waals surface area (Å²) in [6.45, 7) is -0.854. The first-order valence-corrected chi connectivity index (χ1v) is 5.51. The fraction of sp³-hybridized carbons (Fsp3) is 0.100. The number of carboxylic acid groups (broad SMARTS) is 1. The Morgan fingerprint density at radius 1 is 1.32 bits per heavy atom. The Balaban J connectivity index is 2.54. The van der Waals surface area contributed by atoms with Gasteiger partial charge in [0.2, 0.25) is 6.61 Å². The molecular formula is C10H6N4O8. The van der Waals surface area contributed by atoms with Crippen LogP contribution in [0, 0.1) is 20.2 Å². The summed E-state index contributed by atoms with van der Waals surface area (Å²) in [5.41, 5.74) is -2.31. The minimum Gasteiger partial charge on any atom is -0.479 e. The molecule has 0 aromatic heterocycles. The predicted octanol–water partition coefficient (Wildman–Crippen LogP) is 0.260. The van der Waals surface area contributed by atoms with E-state index in [9.17, 15) is 29.8 Å². The highest BCUT2D eigenvalue weighted by Gasteiger charge is 2.37. The molecule has 0 radical (unpaired) electrons. The quantitative estimate of drug-likeness (QED) is 0.574. The zero-order chi connectivity index (χ0) is 16.4. The van der Waals surface area contributed by atoms with E-state index in [0.29, 0.717) is 6.07 Å². The van der Waals surface area contributed by atoms with Crippen LogP contribution in [0.5, 0.6) is 0 Å². The Morgan fingerprint density at radius 2 is 2.00 bits per heavy atom. The Labute approximate surface area is 120 Å². The van der Waals surface area contributed by atoms with Crippen molar-refractivity contribution in [2.24, 2.45) is 5.16 Å². The average Bonchev–Trinajstić information content (AvgIpc) is 2.73. The largest absolute Gasteiger partial charge is 0.479 e. The topological polar surface area (TPSA) is 174 Å². The lowest BCUT2D eigenvalue weighted by Crippen LogP contribution is -2.16. The van der Waals surface area contributed by atoms with Crippen molar-refractivity contribution < 1.29 is 29.4 Å². The number of rotatable bonds is 5. The molecule has 1 aromatic carbocycles. The first-order valence-electron chi connectivity index (χ1n) is 5.51. The Kier molecular flexibility index (Phi) is 3.66. The molecule has 1 aliphatic rings. The second-order valence-electron chi connectivity index (χ2n) is 3.96. The van der Waals surface area contributed by atoms with Crippen LogP contribution in [0.2, 0.25) is 0 Å². The van der Waals surface area contributed by atoms with Crippen LogP contribution in [-0.4, -0.2) is 39.1 Å². The Bertz CT molecular complexity index is 741. The van der Waals surface area contributed by atoms with Crippen molar-refractivity contribution in [1.29, 1.82) is 0 Å². The van der Waals surface area contributed by atoms with Crippen molar-refractivity contribution in [1.82, 2.24) is 0 Å². The number of benzene rings is 1. The third-order valence-corrected chi connectivity index (χ3v) is 2.55. The van der Waals surface area contributed by atoms with Crippen LogP contribution in [-0.2, 0) is 14.4 Å². The van der Waals surface area contributed by atoms with Crippen molar-refractivity contribution in [2.45, 2.75) is 0 Å². The molecule has 0 atom stereocenters. The van der Waals surface area contributed by atoms with Crippen LogP contribution >= 0.6 is 0 Å². The molecule has 1 amide bonds. The molecule has 12 nitrogen and oxygen atoms in total. The molecule has 22 heavy (non-hydrogen) atoms. The number of nitrogens with zero attached hydrogens (tertiary/aromatic N) is 3. The van der Waals surface area contributed by atoms with Gasteiger partial charge in [-0.05, 0) is 0 Å². The number of carbonyl (C=O) groups is 2. The normalized spacial score (nSPS) is 14.4. The minimum absolute atomic E-state index is 0.177. The van der Waals surface area contributed by atoms with Gasteiger partial charge in [-0.1, -0.05) is 5.16 Å². The van der Waals surface area contributed by atoms with Crippen molar-refractivity contribution in [3.05, 3.63) is 37.9 Å². The van der Waals surface area contributed by atoms with E-state index in [2.05, 4.69) is 15.3 Å². The van der Waals surface area contributed by atoms with Gasteiger partial charge in [0.15, 0.2) is 5.71 Å². The van der Waals surface area contributed by atoms with E-state index in [-0.39, 0.29) is 11.3 Å². The van der Waals surface area contributed by atoms with E-state index >= 15 is 0 Å². The number of aliphatic carboxylic acids is 1. The number of amides is 1. The third-order valence-electron chi connectivity index (χ3n) is 2.55. The Morgan fingerprint density at radius 3 is 2.55 bits per heavy atom. The van der Waals surface area contributed by atoms with Gasteiger partial charge < -0.3 is 15.3 Å². The first kappa shape index (κ1) is 14.8. The number of hydrogen-bond donors (Lipinski definition) is 2. The molecule has 0 bridgehead atoms. The number of carbonyl (C=O) groups excluding carboxylic acids is 1. The molecule has 1 heterocycles. The molecule has 1 aromatic rings. The molecule has 0 aliphatic carbocycles. The number of nitrogens with one attached hydrogen (secondary N) is 1. The summed E-state index contributed by atoms with van der Waals surface area (Å²) < 4.78 is 0. The maximum atomic E-state index is 11.7. The third kappa shape index (κ3) is 2.65.